The van der Waals surface area contributed by atoms with Crippen molar-refractivity contribution in [1.82, 2.24) is 9.80 Å². The molecule has 254 valence electrons. The van der Waals surface area contributed by atoms with Crippen LogP contribution in [-0.4, -0.2) is 85.6 Å². The van der Waals surface area contributed by atoms with Crippen LogP contribution in [0.15, 0.2) is 72.8 Å². The smallest absolute Gasteiger partial charge is 0.323 e. The lowest BCUT2D eigenvalue weighted by molar-refractivity contribution is -0.0177. The number of nitrogens with zero attached hydrogens (tertiary/aromatic N) is 2. The number of aliphatic hydroxyl groups is 1. The van der Waals surface area contributed by atoms with E-state index in [0.29, 0.717) is 48.1 Å². The van der Waals surface area contributed by atoms with Crippen molar-refractivity contribution in [1.29, 1.82) is 0 Å². The van der Waals surface area contributed by atoms with Crippen molar-refractivity contribution in [2.45, 2.75) is 64.8 Å². The molecule has 3 aromatic rings. The van der Waals surface area contributed by atoms with Gasteiger partial charge in [-0.05, 0) is 88.2 Å². The number of rotatable bonds is 9. The minimum atomic E-state index is -0.458. The molecule has 0 aliphatic carbocycles. The summed E-state index contributed by atoms with van der Waals surface area (Å²) in [5, 5.41) is 15.9. The Labute approximate surface area is 279 Å². The molecule has 10 heteroatoms. The van der Waals surface area contributed by atoms with Gasteiger partial charge in [0.1, 0.15) is 11.5 Å². The third-order valence-corrected chi connectivity index (χ3v) is 8.44. The number of fused-ring (bicyclic) bond motifs is 1. The summed E-state index contributed by atoms with van der Waals surface area (Å²) in [5.74, 6) is 0.809. The number of carbonyl (C=O) groups is 2. The van der Waals surface area contributed by atoms with Crippen LogP contribution in [0, 0.1) is 5.92 Å². The first kappa shape index (κ1) is 35.7. The van der Waals surface area contributed by atoms with Gasteiger partial charge in [0.25, 0.3) is 5.91 Å². The Morgan fingerprint density at radius 1 is 1.04 bits per heavy atom. The number of amides is 3. The second kappa shape index (κ2) is 17.7. The molecular weight excluding hydrogens is 596 g/mol. The van der Waals surface area contributed by atoms with Crippen molar-refractivity contribution in [3.8, 4) is 11.5 Å². The SMILES string of the molecule is COc1ccc(NC(=O)Nc2ccc3c(c2)C(=O)N([C@H](C)CO)C[C@@H](C)[C@@H](CN(C)Cc2ccccc2)OCCCC[C@@H](C)O3)cc1. The molecule has 0 saturated heterocycles. The molecule has 4 atom stereocenters. The summed E-state index contributed by atoms with van der Waals surface area (Å²) in [5.41, 5.74) is 2.58. The highest BCUT2D eigenvalue weighted by atomic mass is 16.5. The Kier molecular flexibility index (Phi) is 13.5. The predicted molar refractivity (Wildman–Crippen MR) is 185 cm³/mol. The largest absolute Gasteiger partial charge is 0.497 e. The van der Waals surface area contributed by atoms with Crippen molar-refractivity contribution in [2.24, 2.45) is 5.92 Å². The van der Waals surface area contributed by atoms with Crippen molar-refractivity contribution in [3.63, 3.8) is 0 Å². The monoisotopic (exact) mass is 646 g/mol. The molecule has 0 aromatic heterocycles. The lowest BCUT2D eigenvalue weighted by Crippen LogP contribution is -2.47. The van der Waals surface area contributed by atoms with Gasteiger partial charge in [0, 0.05) is 43.5 Å². The summed E-state index contributed by atoms with van der Waals surface area (Å²) in [6.45, 7) is 8.19. The number of ether oxygens (including phenoxy) is 3. The molecule has 0 fully saturated rings. The average Bonchev–Trinajstić information content (AvgIpc) is 3.06. The maximum atomic E-state index is 14.4. The summed E-state index contributed by atoms with van der Waals surface area (Å²) < 4.78 is 18.0. The Morgan fingerprint density at radius 2 is 1.74 bits per heavy atom. The average molecular weight is 647 g/mol. The zero-order chi connectivity index (χ0) is 33.8. The molecular formula is C37H50N4O6. The van der Waals surface area contributed by atoms with Crippen molar-refractivity contribution in [2.75, 3.05) is 51.1 Å². The maximum Gasteiger partial charge on any atom is 0.323 e. The van der Waals surface area contributed by atoms with Gasteiger partial charge < -0.3 is 34.9 Å². The van der Waals surface area contributed by atoms with Crippen molar-refractivity contribution >= 4 is 23.3 Å². The zero-order valence-corrected chi connectivity index (χ0v) is 28.3. The Bertz CT molecular complexity index is 1420. The first-order valence-corrected chi connectivity index (χ1v) is 16.5. The third kappa shape index (κ3) is 10.7. The highest BCUT2D eigenvalue weighted by Crippen LogP contribution is 2.29. The highest BCUT2D eigenvalue weighted by molar-refractivity contribution is 6.02. The van der Waals surface area contributed by atoms with Gasteiger partial charge in [-0.15, -0.1) is 0 Å². The first-order chi connectivity index (χ1) is 22.7. The van der Waals surface area contributed by atoms with Crippen LogP contribution in [0.25, 0.3) is 0 Å². The molecule has 3 aromatic carbocycles. The summed E-state index contributed by atoms with van der Waals surface area (Å²) in [7, 11) is 3.67. The Hall–Kier alpha value is -4.12. The van der Waals surface area contributed by atoms with Gasteiger partial charge in [0.2, 0.25) is 0 Å². The number of likely N-dealkylation sites (N-methyl/N-ethyl adjacent to an activating group) is 1. The van der Waals surface area contributed by atoms with E-state index < -0.39 is 12.1 Å². The van der Waals surface area contributed by atoms with Gasteiger partial charge in [-0.1, -0.05) is 37.3 Å². The van der Waals surface area contributed by atoms with Crippen LogP contribution in [0.5, 0.6) is 11.5 Å². The van der Waals surface area contributed by atoms with E-state index in [9.17, 15) is 14.7 Å². The molecule has 0 unspecified atom stereocenters. The number of aliphatic hydroxyl groups excluding tert-OH is 1. The Balaban J connectivity index is 1.57. The van der Waals surface area contributed by atoms with Crippen LogP contribution >= 0.6 is 0 Å². The van der Waals surface area contributed by atoms with E-state index in [1.165, 1.54) is 5.56 Å². The number of anilines is 2. The second-order valence-corrected chi connectivity index (χ2v) is 12.5. The van der Waals surface area contributed by atoms with Crippen LogP contribution < -0.4 is 20.1 Å². The van der Waals surface area contributed by atoms with Gasteiger partial charge in [0.15, 0.2) is 0 Å². The topological polar surface area (TPSA) is 113 Å². The molecule has 4 rings (SSSR count). The fourth-order valence-corrected chi connectivity index (χ4v) is 5.70. The normalized spacial score (nSPS) is 20.0. The van der Waals surface area contributed by atoms with E-state index in [1.54, 1.807) is 54.5 Å². The summed E-state index contributed by atoms with van der Waals surface area (Å²) in [6, 6.07) is 21.5. The fourth-order valence-electron chi connectivity index (χ4n) is 5.70. The van der Waals surface area contributed by atoms with E-state index in [4.69, 9.17) is 14.2 Å². The molecule has 3 N–H and O–H groups in total. The van der Waals surface area contributed by atoms with Crippen LogP contribution in [0.4, 0.5) is 16.2 Å². The second-order valence-electron chi connectivity index (χ2n) is 12.5. The molecule has 1 aliphatic rings. The molecule has 10 nitrogen and oxygen atoms in total. The highest BCUT2D eigenvalue weighted by Gasteiger charge is 2.30. The number of urea groups is 1. The van der Waals surface area contributed by atoms with Gasteiger partial charge in [-0.25, -0.2) is 4.79 Å². The lowest BCUT2D eigenvalue weighted by atomic mass is 10.0. The first-order valence-electron chi connectivity index (χ1n) is 16.5. The molecule has 0 radical (unpaired) electrons. The van der Waals surface area contributed by atoms with E-state index in [1.807, 2.05) is 32.0 Å². The lowest BCUT2D eigenvalue weighted by Gasteiger charge is -2.36. The number of hydrogen-bond acceptors (Lipinski definition) is 7. The van der Waals surface area contributed by atoms with Gasteiger partial charge in [-0.3, -0.25) is 9.69 Å². The number of methoxy groups -OCH3 is 1. The number of benzene rings is 3. The molecule has 1 heterocycles. The molecule has 0 spiro atoms. The molecule has 1 aliphatic heterocycles. The van der Waals surface area contributed by atoms with E-state index >= 15 is 0 Å². The summed E-state index contributed by atoms with van der Waals surface area (Å²) in [6.07, 6.45) is 2.34. The number of carbonyl (C=O) groups excluding carboxylic acids is 2. The summed E-state index contributed by atoms with van der Waals surface area (Å²) >= 11 is 0. The quantitative estimate of drug-likeness (QED) is 0.251. The van der Waals surface area contributed by atoms with Crippen LogP contribution in [0.3, 0.4) is 0 Å². The van der Waals surface area contributed by atoms with E-state index in [0.717, 1.165) is 25.8 Å². The standard InChI is InChI=1S/C37H50N4O6/c1-26-22-41(27(2)25-42)36(43)33-21-31(39-37(44)38-30-14-17-32(45-5)18-15-30)16-19-34(33)47-28(3)11-9-10-20-46-35(26)24-40(4)23-29-12-7-6-8-13-29/h6-8,12-19,21,26-28,35,42H,9-11,20,22-25H2,1-5H3,(H2,38,39,44)/t26-,27-,28-,35-/m1/s1. The summed E-state index contributed by atoms with van der Waals surface area (Å²) in [4.78, 5) is 31.2. The predicted octanol–water partition coefficient (Wildman–Crippen LogP) is 6.27. The van der Waals surface area contributed by atoms with Crippen LogP contribution in [0.2, 0.25) is 0 Å². The van der Waals surface area contributed by atoms with Gasteiger partial charge in [-0.2, -0.15) is 0 Å². The van der Waals surface area contributed by atoms with Crippen molar-refractivity contribution < 1.29 is 28.9 Å². The van der Waals surface area contributed by atoms with E-state index in [2.05, 4.69) is 41.6 Å². The number of nitrogens with one attached hydrogen (secondary N) is 2. The molecule has 47 heavy (non-hydrogen) atoms. The fraction of sp³-hybridized carbons (Fsp3) is 0.459. The zero-order valence-electron chi connectivity index (χ0n) is 28.3. The third-order valence-electron chi connectivity index (χ3n) is 8.44. The number of hydrogen-bond donors (Lipinski definition) is 3. The molecule has 3 amide bonds. The van der Waals surface area contributed by atoms with Crippen molar-refractivity contribution in [3.05, 3.63) is 83.9 Å². The molecule has 0 saturated carbocycles. The van der Waals surface area contributed by atoms with Gasteiger partial charge >= 0.3 is 6.03 Å². The van der Waals surface area contributed by atoms with E-state index in [-0.39, 0.29) is 30.6 Å². The Morgan fingerprint density at radius 3 is 2.45 bits per heavy atom. The van der Waals surface area contributed by atoms with Crippen LogP contribution in [-0.2, 0) is 11.3 Å². The molecule has 0 bridgehead atoms. The maximum absolute atomic E-state index is 14.4. The minimum Gasteiger partial charge on any atom is -0.497 e. The van der Waals surface area contributed by atoms with Gasteiger partial charge in [0.05, 0.1) is 37.5 Å². The van der Waals surface area contributed by atoms with Crippen LogP contribution in [0.1, 0.15) is 56.0 Å². The minimum absolute atomic E-state index is 0.0333.